The van der Waals surface area contributed by atoms with Gasteiger partial charge in [-0.2, -0.15) is 0 Å². The molecule has 2 aromatic carbocycles. The highest BCUT2D eigenvalue weighted by Gasteiger charge is 2.30. The van der Waals surface area contributed by atoms with Crippen LogP contribution in [0.1, 0.15) is 109 Å². The predicted octanol–water partition coefficient (Wildman–Crippen LogP) is 7.31. The first-order chi connectivity index (χ1) is 23.5. The van der Waals surface area contributed by atoms with E-state index in [0.717, 1.165) is 44.5 Å². The summed E-state index contributed by atoms with van der Waals surface area (Å²) >= 11 is 0. The zero-order valence-corrected chi connectivity index (χ0v) is 29.4. The number of amides is 3. The minimum Gasteiger partial charge on any atom is -0.494 e. The number of likely N-dealkylation sites (N-methyl/N-ethyl adjacent to an activating group) is 1. The smallest absolute Gasteiger partial charge is 0.280 e. The Morgan fingerprint density at radius 3 is 2.12 bits per heavy atom. The van der Waals surface area contributed by atoms with E-state index in [0.29, 0.717) is 37.4 Å². The highest BCUT2D eigenvalue weighted by molar-refractivity contribution is 5.96. The molecule has 2 aromatic rings. The van der Waals surface area contributed by atoms with Gasteiger partial charge in [0.2, 0.25) is 11.8 Å². The molecule has 3 rings (SSSR count). The van der Waals surface area contributed by atoms with Gasteiger partial charge in [-0.1, -0.05) is 95.0 Å². The third kappa shape index (κ3) is 15.4. The van der Waals surface area contributed by atoms with Crippen molar-refractivity contribution in [2.24, 2.45) is 0 Å². The fourth-order valence-corrected chi connectivity index (χ4v) is 5.84. The Hall–Kier alpha value is -3.85. The van der Waals surface area contributed by atoms with Gasteiger partial charge < -0.3 is 20.7 Å². The van der Waals surface area contributed by atoms with Gasteiger partial charge >= 0.3 is 0 Å². The fourth-order valence-electron chi connectivity index (χ4n) is 5.84. The molecule has 9 nitrogen and oxygen atoms in total. The molecule has 3 N–H and O–H groups in total. The molecular formula is C39H59N5O4. The van der Waals surface area contributed by atoms with Crippen LogP contribution in [0.25, 0.3) is 6.08 Å². The van der Waals surface area contributed by atoms with Gasteiger partial charge in [0.05, 0.1) is 6.61 Å². The lowest BCUT2D eigenvalue weighted by Crippen LogP contribution is -2.56. The Kier molecular flexibility index (Phi) is 18.9. The number of unbranched alkanes of at least 4 members (excludes halogenated alkanes) is 9. The highest BCUT2D eigenvalue weighted by Crippen LogP contribution is 2.18. The molecule has 1 saturated heterocycles. The summed E-state index contributed by atoms with van der Waals surface area (Å²) in [5.41, 5.74) is 1.58. The zero-order valence-electron chi connectivity index (χ0n) is 29.4. The second-order valence-electron chi connectivity index (χ2n) is 12.6. The molecule has 9 heteroatoms. The van der Waals surface area contributed by atoms with E-state index in [1.807, 2.05) is 61.5 Å². The second-order valence-corrected chi connectivity index (χ2v) is 12.6. The van der Waals surface area contributed by atoms with Gasteiger partial charge in [-0.15, -0.1) is 0 Å². The van der Waals surface area contributed by atoms with Crippen LogP contribution in [0.4, 0.5) is 5.69 Å². The summed E-state index contributed by atoms with van der Waals surface area (Å²) in [5, 5.41) is 12.9. The number of ether oxygens (including phenoxy) is 1. The molecule has 0 radical (unpaired) electrons. The number of anilines is 1. The SMILES string of the molecule is CCCCCCCCCCCCNC(=O)CCCOc1ccc(NC(NC(=O)C=Cc2ccccc2)C(=O)N(CC)N2CCCC2)cc1. The largest absolute Gasteiger partial charge is 0.494 e. The number of carbonyl (C=O) groups is 3. The zero-order chi connectivity index (χ0) is 34.2. The number of hydrazine groups is 1. The number of benzene rings is 2. The summed E-state index contributed by atoms with van der Waals surface area (Å²) in [6, 6.07) is 16.9. The molecule has 264 valence electrons. The Bertz CT molecular complexity index is 1210. The summed E-state index contributed by atoms with van der Waals surface area (Å²) < 4.78 is 5.87. The lowest BCUT2D eigenvalue weighted by Gasteiger charge is -2.34. The van der Waals surface area contributed by atoms with Crippen molar-refractivity contribution in [3.8, 4) is 5.75 Å². The Morgan fingerprint density at radius 2 is 1.48 bits per heavy atom. The van der Waals surface area contributed by atoms with E-state index in [2.05, 4.69) is 27.9 Å². The number of nitrogens with zero attached hydrogens (tertiary/aromatic N) is 2. The van der Waals surface area contributed by atoms with Crippen LogP contribution in [-0.2, 0) is 14.4 Å². The van der Waals surface area contributed by atoms with E-state index in [9.17, 15) is 14.4 Å². The van der Waals surface area contributed by atoms with Crippen molar-refractivity contribution in [2.75, 3.05) is 38.1 Å². The van der Waals surface area contributed by atoms with E-state index in [-0.39, 0.29) is 17.7 Å². The number of hydrogen-bond donors (Lipinski definition) is 3. The molecule has 0 aromatic heterocycles. The van der Waals surface area contributed by atoms with Crippen LogP contribution >= 0.6 is 0 Å². The van der Waals surface area contributed by atoms with Crippen molar-refractivity contribution >= 4 is 29.5 Å². The maximum Gasteiger partial charge on any atom is 0.280 e. The van der Waals surface area contributed by atoms with E-state index in [4.69, 9.17) is 4.74 Å². The molecule has 0 saturated carbocycles. The molecule has 0 aliphatic carbocycles. The normalized spacial score (nSPS) is 13.7. The minimum absolute atomic E-state index is 0.0699. The Morgan fingerprint density at radius 1 is 0.833 bits per heavy atom. The first-order valence-electron chi connectivity index (χ1n) is 18.4. The number of carbonyl (C=O) groups excluding carboxylic acids is 3. The first kappa shape index (κ1) is 38.6. The van der Waals surface area contributed by atoms with Crippen molar-refractivity contribution < 1.29 is 19.1 Å². The summed E-state index contributed by atoms with van der Waals surface area (Å²) in [4.78, 5) is 38.8. The van der Waals surface area contributed by atoms with Gasteiger partial charge in [-0.25, -0.2) is 5.01 Å². The number of rotatable bonds is 24. The van der Waals surface area contributed by atoms with Crippen LogP contribution < -0.4 is 20.7 Å². The monoisotopic (exact) mass is 661 g/mol. The third-order valence-electron chi connectivity index (χ3n) is 8.57. The first-order valence-corrected chi connectivity index (χ1v) is 18.4. The maximum atomic E-state index is 13.7. The van der Waals surface area contributed by atoms with Crippen LogP contribution in [-0.4, -0.2) is 66.7 Å². The molecule has 1 fully saturated rings. The van der Waals surface area contributed by atoms with Gasteiger partial charge in [0.1, 0.15) is 5.75 Å². The van der Waals surface area contributed by atoms with Crippen LogP contribution in [0.2, 0.25) is 0 Å². The maximum absolute atomic E-state index is 13.7. The van der Waals surface area contributed by atoms with E-state index >= 15 is 0 Å². The minimum atomic E-state index is -0.955. The van der Waals surface area contributed by atoms with Crippen LogP contribution in [0.15, 0.2) is 60.7 Å². The van der Waals surface area contributed by atoms with Crippen LogP contribution in [0.5, 0.6) is 5.75 Å². The summed E-state index contributed by atoms with van der Waals surface area (Å²) in [7, 11) is 0. The van der Waals surface area contributed by atoms with E-state index in [1.165, 1.54) is 63.9 Å². The molecular weight excluding hydrogens is 602 g/mol. The lowest BCUT2D eigenvalue weighted by atomic mass is 10.1. The lowest BCUT2D eigenvalue weighted by molar-refractivity contribution is -0.149. The van der Waals surface area contributed by atoms with Crippen molar-refractivity contribution in [1.29, 1.82) is 0 Å². The average Bonchev–Trinajstić information content (AvgIpc) is 3.64. The molecule has 48 heavy (non-hydrogen) atoms. The van der Waals surface area contributed by atoms with Crippen molar-refractivity contribution in [3.05, 3.63) is 66.2 Å². The average molecular weight is 662 g/mol. The topological polar surface area (TPSA) is 103 Å². The standard InChI is InChI=1S/C39H59N5O4/c1-3-5-6-7-8-9-10-11-12-16-29-40-36(45)22-19-32-48-35-26-24-34(25-27-35)41-38(39(47)44(4-2)43-30-17-18-31-43)42-37(46)28-23-33-20-14-13-15-21-33/h13-15,20-21,23-28,38,41H,3-12,16-19,22,29-32H2,1-2H3,(H,40,45)(H,42,46). The van der Waals surface area contributed by atoms with Crippen molar-refractivity contribution in [3.63, 3.8) is 0 Å². The Balaban J connectivity index is 1.39. The molecule has 1 heterocycles. The number of hydrogen-bond acceptors (Lipinski definition) is 6. The van der Waals surface area contributed by atoms with Gasteiger partial charge in [0, 0.05) is 44.4 Å². The molecule has 1 unspecified atom stereocenters. The van der Waals surface area contributed by atoms with Crippen LogP contribution in [0, 0.1) is 0 Å². The third-order valence-corrected chi connectivity index (χ3v) is 8.57. The summed E-state index contributed by atoms with van der Waals surface area (Å²) in [6.45, 7) is 7.52. The van der Waals surface area contributed by atoms with Gasteiger partial charge in [0.15, 0.2) is 6.17 Å². The molecule has 1 aliphatic heterocycles. The second kappa shape index (κ2) is 23.5. The van der Waals surface area contributed by atoms with E-state index < -0.39 is 6.17 Å². The highest BCUT2D eigenvalue weighted by atomic mass is 16.5. The van der Waals surface area contributed by atoms with Crippen LogP contribution in [0.3, 0.4) is 0 Å². The molecule has 1 aliphatic rings. The van der Waals surface area contributed by atoms with E-state index in [1.54, 1.807) is 11.1 Å². The quantitative estimate of drug-likeness (QED) is 0.0620. The predicted molar refractivity (Wildman–Crippen MR) is 195 cm³/mol. The van der Waals surface area contributed by atoms with Gasteiger partial charge in [-0.05, 0) is 68.5 Å². The van der Waals surface area contributed by atoms with Gasteiger partial charge in [0.25, 0.3) is 5.91 Å². The number of nitrogens with one attached hydrogen (secondary N) is 3. The Labute approximate surface area is 288 Å². The summed E-state index contributed by atoms with van der Waals surface area (Å²) in [5.74, 6) is 0.166. The molecule has 0 spiro atoms. The molecule has 0 bridgehead atoms. The molecule has 3 amide bonds. The fraction of sp³-hybridized carbons (Fsp3) is 0.564. The summed E-state index contributed by atoms with van der Waals surface area (Å²) in [6.07, 6.45) is 18.2. The molecule has 1 atom stereocenters. The van der Waals surface area contributed by atoms with Crippen molar-refractivity contribution in [2.45, 2.75) is 110 Å². The van der Waals surface area contributed by atoms with Crippen molar-refractivity contribution in [1.82, 2.24) is 20.7 Å². The van der Waals surface area contributed by atoms with Gasteiger partial charge in [-0.3, -0.25) is 19.4 Å².